The van der Waals surface area contributed by atoms with Crippen molar-refractivity contribution in [3.05, 3.63) is 53.6 Å². The number of likely N-dealkylation sites (tertiary alicyclic amines) is 1. The molecule has 2 aliphatic rings. The molecule has 0 aliphatic carbocycles. The Morgan fingerprint density at radius 2 is 2.15 bits per heavy atom. The second-order valence-corrected chi connectivity index (χ2v) is 7.13. The summed E-state index contributed by atoms with van der Waals surface area (Å²) >= 11 is 0. The van der Waals surface area contributed by atoms with Crippen LogP contribution in [-0.4, -0.2) is 49.7 Å². The zero-order valence-corrected chi connectivity index (χ0v) is 14.6. The minimum Gasteiger partial charge on any atom is -0.348 e. The number of rotatable bonds is 3. The Labute approximate surface area is 151 Å². The number of nitriles is 1. The Balaban J connectivity index is 1.36. The van der Waals surface area contributed by atoms with Gasteiger partial charge in [-0.25, -0.2) is 4.98 Å². The zero-order chi connectivity index (χ0) is 17.7. The summed E-state index contributed by atoms with van der Waals surface area (Å²) in [5.74, 6) is 1.82. The highest BCUT2D eigenvalue weighted by atomic mass is 15.4. The van der Waals surface area contributed by atoms with Crippen molar-refractivity contribution in [1.29, 1.82) is 5.26 Å². The van der Waals surface area contributed by atoms with Gasteiger partial charge in [-0.1, -0.05) is 12.1 Å². The first-order valence-electron chi connectivity index (χ1n) is 8.89. The first-order chi connectivity index (χ1) is 12.7. The van der Waals surface area contributed by atoms with E-state index in [0.717, 1.165) is 48.9 Å². The van der Waals surface area contributed by atoms with E-state index in [-0.39, 0.29) is 0 Å². The number of aromatic nitrogens is 4. The molecule has 130 valence electrons. The molecule has 0 amide bonds. The number of aryl methyl sites for hydroxylation is 1. The number of hydrogen-bond donors (Lipinski definition) is 0. The number of fused-ring (bicyclic) bond motifs is 3. The van der Waals surface area contributed by atoms with Crippen LogP contribution in [-0.2, 0) is 6.54 Å². The van der Waals surface area contributed by atoms with Gasteiger partial charge in [0.2, 0.25) is 5.65 Å². The highest BCUT2D eigenvalue weighted by Crippen LogP contribution is 2.35. The third-order valence-corrected chi connectivity index (χ3v) is 5.55. The Morgan fingerprint density at radius 3 is 2.96 bits per heavy atom. The second-order valence-electron chi connectivity index (χ2n) is 7.13. The lowest BCUT2D eigenvalue weighted by molar-refractivity contribution is 0.230. The largest absolute Gasteiger partial charge is 0.348 e. The molecule has 1 aromatic carbocycles. The van der Waals surface area contributed by atoms with E-state index in [2.05, 4.69) is 37.1 Å². The quantitative estimate of drug-likeness (QED) is 0.720. The predicted molar refractivity (Wildman–Crippen MR) is 96.6 cm³/mol. The summed E-state index contributed by atoms with van der Waals surface area (Å²) in [5, 5.41) is 17.6. The fourth-order valence-corrected chi connectivity index (χ4v) is 4.31. The molecule has 2 atom stereocenters. The van der Waals surface area contributed by atoms with Gasteiger partial charge in [-0.3, -0.25) is 9.30 Å². The maximum atomic E-state index is 9.09. The highest BCUT2D eigenvalue weighted by Gasteiger charge is 2.44. The van der Waals surface area contributed by atoms with Gasteiger partial charge >= 0.3 is 0 Å². The Hall–Kier alpha value is -2.98. The van der Waals surface area contributed by atoms with E-state index in [4.69, 9.17) is 5.26 Å². The molecular weight excluding hydrogens is 326 g/mol. The van der Waals surface area contributed by atoms with Crippen LogP contribution in [0.5, 0.6) is 0 Å². The van der Waals surface area contributed by atoms with E-state index < -0.39 is 0 Å². The molecular formula is C19H19N7. The topological polar surface area (TPSA) is 73.3 Å². The van der Waals surface area contributed by atoms with Crippen molar-refractivity contribution in [2.24, 2.45) is 0 Å². The van der Waals surface area contributed by atoms with Gasteiger partial charge in [-0.2, -0.15) is 5.26 Å². The van der Waals surface area contributed by atoms with Gasteiger partial charge in [0.1, 0.15) is 5.82 Å². The molecule has 26 heavy (non-hydrogen) atoms. The van der Waals surface area contributed by atoms with Gasteiger partial charge < -0.3 is 4.90 Å². The van der Waals surface area contributed by atoms with Crippen LogP contribution in [0.25, 0.3) is 5.65 Å². The SMILES string of the molecule is Cc1nnc2c(N3CC4CC3CN4Cc3cccc(C#N)c3)nccn12. The van der Waals surface area contributed by atoms with Crippen molar-refractivity contribution in [2.75, 3.05) is 18.0 Å². The molecule has 3 aromatic rings. The van der Waals surface area contributed by atoms with Gasteiger partial charge in [-0.15, -0.1) is 10.2 Å². The Bertz CT molecular complexity index is 1020. The fourth-order valence-electron chi connectivity index (χ4n) is 4.31. The van der Waals surface area contributed by atoms with Crippen molar-refractivity contribution in [3.63, 3.8) is 0 Å². The number of anilines is 1. The maximum absolute atomic E-state index is 9.09. The first kappa shape index (κ1) is 15.3. The molecule has 2 unspecified atom stereocenters. The smallest absolute Gasteiger partial charge is 0.203 e. The van der Waals surface area contributed by atoms with E-state index >= 15 is 0 Å². The minimum atomic E-state index is 0.454. The van der Waals surface area contributed by atoms with Crippen LogP contribution in [0.15, 0.2) is 36.7 Å². The normalized spacial score (nSPS) is 22.2. The Kier molecular flexibility index (Phi) is 3.40. The molecule has 4 heterocycles. The lowest BCUT2D eigenvalue weighted by Crippen LogP contribution is -2.46. The summed E-state index contributed by atoms with van der Waals surface area (Å²) in [4.78, 5) is 9.51. The van der Waals surface area contributed by atoms with E-state index in [1.54, 1.807) is 0 Å². The molecule has 7 nitrogen and oxygen atoms in total. The molecule has 0 radical (unpaired) electrons. The molecule has 2 bridgehead atoms. The molecule has 0 N–H and O–H groups in total. The molecule has 0 spiro atoms. The van der Waals surface area contributed by atoms with Gasteiger partial charge in [-0.05, 0) is 31.0 Å². The molecule has 2 saturated heterocycles. The average Bonchev–Trinajstić information content (AvgIpc) is 3.36. The average molecular weight is 345 g/mol. The fraction of sp³-hybridized carbons (Fsp3) is 0.368. The number of hydrogen-bond acceptors (Lipinski definition) is 6. The van der Waals surface area contributed by atoms with E-state index in [1.165, 1.54) is 5.56 Å². The summed E-state index contributed by atoms with van der Waals surface area (Å²) in [6, 6.07) is 11.1. The summed E-state index contributed by atoms with van der Waals surface area (Å²) in [5.41, 5.74) is 2.77. The van der Waals surface area contributed by atoms with Crippen molar-refractivity contribution in [2.45, 2.75) is 32.0 Å². The lowest BCUT2D eigenvalue weighted by atomic mass is 10.1. The zero-order valence-electron chi connectivity index (χ0n) is 14.6. The van der Waals surface area contributed by atoms with Gasteiger partial charge in [0.15, 0.2) is 5.82 Å². The van der Waals surface area contributed by atoms with Crippen molar-refractivity contribution in [3.8, 4) is 6.07 Å². The number of nitrogens with zero attached hydrogens (tertiary/aromatic N) is 7. The molecule has 2 aromatic heterocycles. The molecule has 7 heteroatoms. The van der Waals surface area contributed by atoms with E-state index in [1.807, 2.05) is 41.9 Å². The van der Waals surface area contributed by atoms with Crippen LogP contribution in [0.3, 0.4) is 0 Å². The third-order valence-electron chi connectivity index (χ3n) is 5.55. The van der Waals surface area contributed by atoms with Gasteiger partial charge in [0, 0.05) is 44.1 Å². The van der Waals surface area contributed by atoms with Crippen molar-refractivity contribution in [1.82, 2.24) is 24.5 Å². The third kappa shape index (κ3) is 2.34. The van der Waals surface area contributed by atoms with Gasteiger partial charge in [0.25, 0.3) is 0 Å². The minimum absolute atomic E-state index is 0.454. The van der Waals surface area contributed by atoms with E-state index in [9.17, 15) is 0 Å². The first-order valence-corrected chi connectivity index (χ1v) is 8.89. The maximum Gasteiger partial charge on any atom is 0.203 e. The summed E-state index contributed by atoms with van der Waals surface area (Å²) in [6.45, 7) is 4.82. The van der Waals surface area contributed by atoms with E-state index in [0.29, 0.717) is 12.1 Å². The molecule has 5 rings (SSSR count). The van der Waals surface area contributed by atoms with Crippen LogP contribution in [0.4, 0.5) is 5.82 Å². The Morgan fingerprint density at radius 1 is 1.23 bits per heavy atom. The highest BCUT2D eigenvalue weighted by molar-refractivity contribution is 5.65. The molecule has 2 aliphatic heterocycles. The van der Waals surface area contributed by atoms with Crippen LogP contribution >= 0.6 is 0 Å². The lowest BCUT2D eigenvalue weighted by Gasteiger charge is -2.34. The second kappa shape index (κ2) is 5.78. The number of piperazine rings is 1. The monoisotopic (exact) mass is 345 g/mol. The van der Waals surface area contributed by atoms with Crippen LogP contribution in [0, 0.1) is 18.3 Å². The predicted octanol–water partition coefficient (Wildman–Crippen LogP) is 1.77. The summed E-state index contributed by atoms with van der Waals surface area (Å²) in [7, 11) is 0. The summed E-state index contributed by atoms with van der Waals surface area (Å²) in [6.07, 6.45) is 4.89. The van der Waals surface area contributed by atoms with Crippen LogP contribution in [0.2, 0.25) is 0 Å². The van der Waals surface area contributed by atoms with Crippen LogP contribution < -0.4 is 4.90 Å². The van der Waals surface area contributed by atoms with Crippen molar-refractivity contribution >= 4 is 11.5 Å². The molecule has 0 saturated carbocycles. The summed E-state index contributed by atoms with van der Waals surface area (Å²) < 4.78 is 2.00. The molecule has 2 fully saturated rings. The van der Waals surface area contributed by atoms with Gasteiger partial charge in [0.05, 0.1) is 11.6 Å². The van der Waals surface area contributed by atoms with Crippen molar-refractivity contribution < 1.29 is 0 Å². The van der Waals surface area contributed by atoms with Crippen LogP contribution in [0.1, 0.15) is 23.4 Å². The standard InChI is InChI=1S/C19H19N7/c1-13-22-23-19-18(21-5-6-25(13)19)26-12-16-8-17(26)11-24(16)10-15-4-2-3-14(7-15)9-20/h2-7,16-17H,8,10-12H2,1H3. The number of benzene rings is 1.